The van der Waals surface area contributed by atoms with Crippen molar-refractivity contribution < 1.29 is 9.18 Å². The van der Waals surface area contributed by atoms with Gasteiger partial charge in [-0.3, -0.25) is 9.20 Å². The standard InChI is InChI=1S/C20H16FN5OS/c1-11-5-6-12(19-24-25-20(28-19)13-9-14(13)21)8-15(11)23-18(27)16-10-22-17-4-2-3-7-26(16)17/h2-8,10,13-14H,9H2,1H3,(H,23,27)/t13-,14-/m0/s1. The molecule has 6 nitrogen and oxygen atoms in total. The van der Waals surface area contributed by atoms with Crippen molar-refractivity contribution in [2.75, 3.05) is 5.32 Å². The minimum Gasteiger partial charge on any atom is -0.320 e. The molecule has 1 aliphatic rings. The molecule has 1 saturated carbocycles. The van der Waals surface area contributed by atoms with E-state index in [1.165, 1.54) is 11.3 Å². The van der Waals surface area contributed by atoms with Crippen LogP contribution < -0.4 is 5.32 Å². The van der Waals surface area contributed by atoms with E-state index in [-0.39, 0.29) is 11.8 Å². The van der Waals surface area contributed by atoms with Crippen molar-refractivity contribution in [3.8, 4) is 10.6 Å². The van der Waals surface area contributed by atoms with E-state index in [0.29, 0.717) is 23.4 Å². The molecule has 8 heteroatoms. The van der Waals surface area contributed by atoms with Gasteiger partial charge in [0, 0.05) is 23.4 Å². The smallest absolute Gasteiger partial charge is 0.274 e. The Balaban J connectivity index is 1.43. The molecule has 0 radical (unpaired) electrons. The van der Waals surface area contributed by atoms with Gasteiger partial charge in [-0.2, -0.15) is 0 Å². The third-order valence-corrected chi connectivity index (χ3v) is 5.96. The van der Waals surface area contributed by atoms with Gasteiger partial charge in [-0.05, 0) is 37.1 Å². The maximum absolute atomic E-state index is 13.3. The van der Waals surface area contributed by atoms with Gasteiger partial charge in [0.2, 0.25) is 0 Å². The zero-order chi connectivity index (χ0) is 19.3. The second kappa shape index (κ2) is 6.49. The summed E-state index contributed by atoms with van der Waals surface area (Å²) >= 11 is 1.40. The quantitative estimate of drug-likeness (QED) is 0.563. The molecule has 0 unspecified atom stereocenters. The van der Waals surface area contributed by atoms with E-state index < -0.39 is 6.17 Å². The number of pyridine rings is 1. The Hall–Kier alpha value is -3.13. The number of nitrogens with zero attached hydrogens (tertiary/aromatic N) is 4. The number of amides is 1. The van der Waals surface area contributed by atoms with Gasteiger partial charge in [-0.1, -0.05) is 29.5 Å². The summed E-state index contributed by atoms with van der Waals surface area (Å²) in [4.78, 5) is 17.0. The van der Waals surface area contributed by atoms with Crippen LogP contribution in [0.3, 0.4) is 0 Å². The highest BCUT2D eigenvalue weighted by atomic mass is 32.1. The molecule has 3 heterocycles. The topological polar surface area (TPSA) is 72.2 Å². The highest BCUT2D eigenvalue weighted by Gasteiger charge is 2.41. The number of halogens is 1. The largest absolute Gasteiger partial charge is 0.320 e. The minimum absolute atomic E-state index is 0.106. The SMILES string of the molecule is Cc1ccc(-c2nnc([C@H]3C[C@@H]3F)s2)cc1NC(=O)c1cnc2ccccn12. The average molecular weight is 393 g/mol. The van der Waals surface area contributed by atoms with Crippen molar-refractivity contribution in [1.29, 1.82) is 0 Å². The van der Waals surface area contributed by atoms with Crippen molar-refractivity contribution in [1.82, 2.24) is 19.6 Å². The second-order valence-corrected chi connectivity index (χ2v) is 7.87. The third kappa shape index (κ3) is 2.95. The highest BCUT2D eigenvalue weighted by molar-refractivity contribution is 7.14. The fourth-order valence-electron chi connectivity index (χ4n) is 3.10. The molecule has 140 valence electrons. The lowest BCUT2D eigenvalue weighted by Gasteiger charge is -2.09. The number of carbonyl (C=O) groups excluding carboxylic acids is 1. The van der Waals surface area contributed by atoms with Crippen LogP contribution in [0.1, 0.15) is 33.4 Å². The summed E-state index contributed by atoms with van der Waals surface area (Å²) in [6, 6.07) is 11.3. The van der Waals surface area contributed by atoms with Crippen LogP contribution in [0.4, 0.5) is 10.1 Å². The van der Waals surface area contributed by atoms with Gasteiger partial charge < -0.3 is 5.32 Å². The summed E-state index contributed by atoms with van der Waals surface area (Å²) in [7, 11) is 0. The van der Waals surface area contributed by atoms with Crippen LogP contribution in [0.25, 0.3) is 16.2 Å². The highest BCUT2D eigenvalue weighted by Crippen LogP contribution is 2.45. The van der Waals surface area contributed by atoms with Crippen molar-refractivity contribution in [3.63, 3.8) is 0 Å². The van der Waals surface area contributed by atoms with Gasteiger partial charge in [0.1, 0.15) is 27.5 Å². The van der Waals surface area contributed by atoms with E-state index in [4.69, 9.17) is 0 Å². The number of hydrogen-bond acceptors (Lipinski definition) is 5. The zero-order valence-corrected chi connectivity index (χ0v) is 15.8. The van der Waals surface area contributed by atoms with E-state index >= 15 is 0 Å². The third-order valence-electron chi connectivity index (χ3n) is 4.85. The lowest BCUT2D eigenvalue weighted by atomic mass is 10.1. The molecule has 1 fully saturated rings. The number of fused-ring (bicyclic) bond motifs is 1. The maximum atomic E-state index is 13.3. The van der Waals surface area contributed by atoms with Gasteiger partial charge in [0.25, 0.3) is 5.91 Å². The van der Waals surface area contributed by atoms with Crippen LogP contribution in [0.2, 0.25) is 0 Å². The Morgan fingerprint density at radius 1 is 1.29 bits per heavy atom. The number of benzene rings is 1. The Bertz CT molecular complexity index is 1200. The molecule has 3 aromatic heterocycles. The lowest BCUT2D eigenvalue weighted by molar-refractivity contribution is 0.102. The first kappa shape index (κ1) is 17.0. The molecular formula is C20H16FN5OS. The number of anilines is 1. The molecule has 4 aromatic rings. The van der Waals surface area contributed by atoms with Crippen LogP contribution in [-0.2, 0) is 0 Å². The van der Waals surface area contributed by atoms with Crippen molar-refractivity contribution in [2.45, 2.75) is 25.4 Å². The van der Waals surface area contributed by atoms with Crippen LogP contribution in [-0.4, -0.2) is 31.7 Å². The van der Waals surface area contributed by atoms with Crippen LogP contribution in [0.15, 0.2) is 48.8 Å². The second-order valence-electron chi connectivity index (χ2n) is 6.86. The number of alkyl halides is 1. The summed E-state index contributed by atoms with van der Waals surface area (Å²) in [5.74, 6) is -0.346. The van der Waals surface area contributed by atoms with Crippen molar-refractivity contribution in [2.24, 2.45) is 0 Å². The fraction of sp³-hybridized carbons (Fsp3) is 0.200. The lowest BCUT2D eigenvalue weighted by Crippen LogP contribution is -2.15. The first-order valence-electron chi connectivity index (χ1n) is 8.92. The first-order valence-corrected chi connectivity index (χ1v) is 9.74. The molecule has 1 aromatic carbocycles. The van der Waals surface area contributed by atoms with E-state index in [2.05, 4.69) is 20.5 Å². The number of imidazole rings is 1. The number of nitrogens with one attached hydrogen (secondary N) is 1. The minimum atomic E-state index is -0.792. The van der Waals surface area contributed by atoms with Gasteiger partial charge >= 0.3 is 0 Å². The molecule has 5 rings (SSSR count). The van der Waals surface area contributed by atoms with E-state index in [1.54, 1.807) is 16.8 Å². The molecule has 0 bridgehead atoms. The normalized spacial score (nSPS) is 18.4. The molecule has 0 aliphatic heterocycles. The fourth-order valence-corrected chi connectivity index (χ4v) is 4.10. The summed E-state index contributed by atoms with van der Waals surface area (Å²) in [5, 5.41) is 12.7. The molecule has 1 N–H and O–H groups in total. The Morgan fingerprint density at radius 2 is 2.14 bits per heavy atom. The molecule has 1 aliphatic carbocycles. The Morgan fingerprint density at radius 3 is 2.96 bits per heavy atom. The van der Waals surface area contributed by atoms with Gasteiger partial charge in [0.05, 0.1) is 6.20 Å². The summed E-state index contributed by atoms with van der Waals surface area (Å²) in [6.07, 6.45) is 3.10. The molecule has 1 amide bonds. The molecule has 0 saturated heterocycles. The van der Waals surface area contributed by atoms with Crippen LogP contribution in [0.5, 0.6) is 0 Å². The van der Waals surface area contributed by atoms with E-state index in [1.807, 2.05) is 43.3 Å². The summed E-state index contributed by atoms with van der Waals surface area (Å²) in [5.41, 5.74) is 3.65. The molecule has 28 heavy (non-hydrogen) atoms. The molecular weight excluding hydrogens is 377 g/mol. The van der Waals surface area contributed by atoms with Gasteiger partial charge in [-0.25, -0.2) is 9.37 Å². The predicted octanol–water partition coefficient (Wildman–Crippen LogP) is 4.24. The summed E-state index contributed by atoms with van der Waals surface area (Å²) in [6.45, 7) is 1.93. The van der Waals surface area contributed by atoms with E-state index in [9.17, 15) is 9.18 Å². The van der Waals surface area contributed by atoms with Gasteiger partial charge in [0.15, 0.2) is 0 Å². The zero-order valence-electron chi connectivity index (χ0n) is 15.0. The first-order chi connectivity index (χ1) is 13.6. The van der Waals surface area contributed by atoms with Crippen molar-refractivity contribution >= 4 is 28.6 Å². The number of aromatic nitrogens is 4. The molecule has 0 spiro atoms. The van der Waals surface area contributed by atoms with Crippen LogP contribution >= 0.6 is 11.3 Å². The van der Waals surface area contributed by atoms with Crippen molar-refractivity contribution in [3.05, 3.63) is 65.1 Å². The van der Waals surface area contributed by atoms with Gasteiger partial charge in [-0.15, -0.1) is 10.2 Å². The monoisotopic (exact) mass is 393 g/mol. The molecule has 2 atom stereocenters. The van der Waals surface area contributed by atoms with Crippen LogP contribution in [0, 0.1) is 6.92 Å². The Labute approximate surface area is 164 Å². The number of carbonyl (C=O) groups is 1. The summed E-state index contributed by atoms with van der Waals surface area (Å²) < 4.78 is 15.0. The number of aryl methyl sites for hydroxylation is 1. The Kier molecular flexibility index (Phi) is 3.94. The maximum Gasteiger partial charge on any atom is 0.274 e. The predicted molar refractivity (Wildman–Crippen MR) is 105 cm³/mol. The number of hydrogen-bond donors (Lipinski definition) is 1. The number of rotatable bonds is 4. The van der Waals surface area contributed by atoms with E-state index in [0.717, 1.165) is 21.1 Å². The average Bonchev–Trinajstić information content (AvgIpc) is 3.12.